The lowest BCUT2D eigenvalue weighted by Gasteiger charge is -2.07. The summed E-state index contributed by atoms with van der Waals surface area (Å²) in [6.45, 7) is 3.72. The van der Waals surface area contributed by atoms with E-state index in [0.29, 0.717) is 5.69 Å². The number of anilines is 1. The first-order chi connectivity index (χ1) is 11.2. The van der Waals surface area contributed by atoms with E-state index in [9.17, 15) is 8.42 Å². The zero-order valence-corrected chi connectivity index (χ0v) is 15.1. The molecule has 0 aliphatic carbocycles. The van der Waals surface area contributed by atoms with Gasteiger partial charge in [0.15, 0.2) is 0 Å². The second-order valence-electron chi connectivity index (χ2n) is 4.97. The van der Waals surface area contributed by atoms with Crippen molar-refractivity contribution in [3.05, 3.63) is 41.7 Å². The Balaban J connectivity index is 2.12. The van der Waals surface area contributed by atoms with E-state index in [4.69, 9.17) is 18.0 Å². The standard InChI is InChI=1S/C14H18N6O2S2/c1-9-8-10(2)20(19-9)13(15)18-14(23)17-11-4-6-12(7-5-11)24(21,22)16-3/h4-8,16H,1-3H3,(H3,15,17,18,23). The van der Waals surface area contributed by atoms with Gasteiger partial charge < -0.3 is 11.1 Å². The number of rotatable bonds is 3. The SMILES string of the molecule is CNS(=O)(=O)c1ccc(NC(=S)N=C(N)n2nc(C)cc2C)cc1. The molecule has 128 valence electrons. The van der Waals surface area contributed by atoms with Gasteiger partial charge in [-0.2, -0.15) is 10.1 Å². The van der Waals surface area contributed by atoms with E-state index < -0.39 is 10.0 Å². The second-order valence-corrected chi connectivity index (χ2v) is 7.24. The molecule has 0 saturated heterocycles. The fourth-order valence-corrected chi connectivity index (χ4v) is 2.94. The Hall–Kier alpha value is -2.30. The molecule has 0 fully saturated rings. The quantitative estimate of drug-likeness (QED) is 0.424. The smallest absolute Gasteiger partial charge is 0.240 e. The molecule has 0 amide bonds. The van der Waals surface area contributed by atoms with Gasteiger partial charge in [0, 0.05) is 11.4 Å². The van der Waals surface area contributed by atoms with Gasteiger partial charge in [-0.25, -0.2) is 17.8 Å². The van der Waals surface area contributed by atoms with Crippen molar-refractivity contribution in [2.45, 2.75) is 18.7 Å². The number of nitrogens with one attached hydrogen (secondary N) is 2. The Morgan fingerprint density at radius 1 is 1.29 bits per heavy atom. The second kappa shape index (κ2) is 7.07. The topological polar surface area (TPSA) is 114 Å². The molecule has 0 atom stereocenters. The van der Waals surface area contributed by atoms with Crippen molar-refractivity contribution in [2.75, 3.05) is 12.4 Å². The maximum atomic E-state index is 11.7. The van der Waals surface area contributed by atoms with Gasteiger partial charge in [-0.15, -0.1) is 0 Å². The molecule has 4 N–H and O–H groups in total. The minimum absolute atomic E-state index is 0.143. The van der Waals surface area contributed by atoms with Crippen LogP contribution in [-0.4, -0.2) is 36.3 Å². The summed E-state index contributed by atoms with van der Waals surface area (Å²) in [5.41, 5.74) is 8.17. The van der Waals surface area contributed by atoms with Gasteiger partial charge in [-0.3, -0.25) is 0 Å². The summed E-state index contributed by atoms with van der Waals surface area (Å²) >= 11 is 5.14. The molecular formula is C14H18N6O2S2. The van der Waals surface area contributed by atoms with Crippen LogP contribution < -0.4 is 15.8 Å². The molecule has 0 saturated carbocycles. The van der Waals surface area contributed by atoms with Crippen molar-refractivity contribution in [3.8, 4) is 0 Å². The molecule has 2 aromatic rings. The minimum atomic E-state index is -3.47. The number of hydrogen-bond acceptors (Lipinski definition) is 4. The average molecular weight is 366 g/mol. The summed E-state index contributed by atoms with van der Waals surface area (Å²) in [5, 5.41) is 7.23. The predicted octanol–water partition coefficient (Wildman–Crippen LogP) is 0.968. The molecule has 1 aromatic heterocycles. The number of sulfonamides is 1. The van der Waals surface area contributed by atoms with Crippen molar-refractivity contribution in [1.82, 2.24) is 14.5 Å². The van der Waals surface area contributed by atoms with Gasteiger partial charge in [0.05, 0.1) is 10.6 Å². The molecule has 8 nitrogen and oxygen atoms in total. The van der Waals surface area contributed by atoms with E-state index in [1.165, 1.54) is 23.9 Å². The van der Waals surface area contributed by atoms with Crippen molar-refractivity contribution in [2.24, 2.45) is 10.7 Å². The van der Waals surface area contributed by atoms with Crippen LogP contribution in [0.15, 0.2) is 40.2 Å². The lowest BCUT2D eigenvalue weighted by Crippen LogP contribution is -2.27. The lowest BCUT2D eigenvalue weighted by molar-refractivity contribution is 0.588. The first kappa shape index (κ1) is 18.0. The van der Waals surface area contributed by atoms with Crippen LogP contribution in [0.5, 0.6) is 0 Å². The molecule has 0 aliphatic heterocycles. The Labute approximate surface area is 145 Å². The van der Waals surface area contributed by atoms with Crippen molar-refractivity contribution in [1.29, 1.82) is 0 Å². The number of nitrogens with two attached hydrogens (primary N) is 1. The lowest BCUT2D eigenvalue weighted by atomic mass is 10.3. The fraction of sp³-hybridized carbons (Fsp3) is 0.214. The van der Waals surface area contributed by atoms with E-state index in [1.807, 2.05) is 19.9 Å². The number of aliphatic imine (C=N–C) groups is 1. The largest absolute Gasteiger partial charge is 0.368 e. The Morgan fingerprint density at radius 3 is 2.42 bits per heavy atom. The molecule has 1 aromatic carbocycles. The van der Waals surface area contributed by atoms with E-state index in [1.54, 1.807) is 12.1 Å². The number of thiocarbonyl (C=S) groups is 1. The van der Waals surface area contributed by atoms with Gasteiger partial charge in [0.1, 0.15) is 0 Å². The van der Waals surface area contributed by atoms with E-state index in [-0.39, 0.29) is 16.0 Å². The highest BCUT2D eigenvalue weighted by Crippen LogP contribution is 2.14. The zero-order valence-electron chi connectivity index (χ0n) is 13.4. The predicted molar refractivity (Wildman–Crippen MR) is 97.6 cm³/mol. The number of aromatic nitrogens is 2. The third kappa shape index (κ3) is 4.16. The van der Waals surface area contributed by atoms with Gasteiger partial charge in [-0.1, -0.05) is 0 Å². The van der Waals surface area contributed by atoms with Crippen LogP contribution in [0.3, 0.4) is 0 Å². The van der Waals surface area contributed by atoms with Crippen molar-refractivity contribution < 1.29 is 8.42 Å². The summed E-state index contributed by atoms with van der Waals surface area (Å²) in [6, 6.07) is 7.98. The number of hydrogen-bond donors (Lipinski definition) is 3. The number of nitrogens with zero attached hydrogens (tertiary/aromatic N) is 3. The monoisotopic (exact) mass is 366 g/mol. The normalized spacial score (nSPS) is 12.2. The summed E-state index contributed by atoms with van der Waals surface area (Å²) in [6.07, 6.45) is 0. The maximum Gasteiger partial charge on any atom is 0.240 e. The van der Waals surface area contributed by atoms with E-state index in [2.05, 4.69) is 20.1 Å². The highest BCUT2D eigenvalue weighted by atomic mass is 32.2. The van der Waals surface area contributed by atoms with Gasteiger partial charge >= 0.3 is 0 Å². The van der Waals surface area contributed by atoms with Crippen molar-refractivity contribution in [3.63, 3.8) is 0 Å². The van der Waals surface area contributed by atoms with Crippen LogP contribution in [-0.2, 0) is 10.0 Å². The Kier molecular flexibility index (Phi) is 5.32. The zero-order chi connectivity index (χ0) is 17.9. The maximum absolute atomic E-state index is 11.7. The molecule has 0 spiro atoms. The molecule has 2 rings (SSSR count). The van der Waals surface area contributed by atoms with E-state index in [0.717, 1.165) is 11.4 Å². The molecule has 0 unspecified atom stereocenters. The summed E-state index contributed by atoms with van der Waals surface area (Å²) in [7, 11) is -2.12. The highest BCUT2D eigenvalue weighted by molar-refractivity contribution is 7.89. The van der Waals surface area contributed by atoms with Gasteiger partial charge in [0.2, 0.25) is 21.1 Å². The van der Waals surface area contributed by atoms with E-state index >= 15 is 0 Å². The molecule has 0 aliphatic rings. The van der Waals surface area contributed by atoms with Crippen LogP contribution in [0.2, 0.25) is 0 Å². The fourth-order valence-electron chi connectivity index (χ4n) is 2.00. The number of benzene rings is 1. The summed E-state index contributed by atoms with van der Waals surface area (Å²) in [5.74, 6) is 0.146. The molecule has 10 heteroatoms. The number of aryl methyl sites for hydroxylation is 2. The average Bonchev–Trinajstić information content (AvgIpc) is 2.86. The molecule has 0 bridgehead atoms. The summed E-state index contributed by atoms with van der Waals surface area (Å²) in [4.78, 5) is 4.25. The molecular weight excluding hydrogens is 348 g/mol. The third-order valence-corrected chi connectivity index (χ3v) is 4.75. The van der Waals surface area contributed by atoms with Crippen molar-refractivity contribution >= 4 is 39.0 Å². The highest BCUT2D eigenvalue weighted by Gasteiger charge is 2.11. The van der Waals surface area contributed by atoms with Crippen LogP contribution in [0.1, 0.15) is 11.4 Å². The van der Waals surface area contributed by atoms with Crippen LogP contribution in [0.25, 0.3) is 0 Å². The summed E-state index contributed by atoms with van der Waals surface area (Å²) < 4.78 is 27.1. The first-order valence-electron chi connectivity index (χ1n) is 6.95. The van der Waals surface area contributed by atoms with Gasteiger partial charge in [-0.05, 0) is 63.4 Å². The van der Waals surface area contributed by atoms with Gasteiger partial charge in [0.25, 0.3) is 0 Å². The van der Waals surface area contributed by atoms with Crippen LogP contribution in [0.4, 0.5) is 5.69 Å². The molecule has 1 heterocycles. The third-order valence-electron chi connectivity index (χ3n) is 3.13. The minimum Gasteiger partial charge on any atom is -0.368 e. The molecule has 24 heavy (non-hydrogen) atoms. The first-order valence-corrected chi connectivity index (χ1v) is 8.84. The van der Waals surface area contributed by atoms with Crippen LogP contribution >= 0.6 is 12.2 Å². The van der Waals surface area contributed by atoms with Crippen LogP contribution in [0, 0.1) is 13.8 Å². The molecule has 0 radical (unpaired) electrons. The Bertz CT molecular complexity index is 884. The Morgan fingerprint density at radius 2 is 1.92 bits per heavy atom.